The van der Waals surface area contributed by atoms with Crippen LogP contribution in [0.15, 0.2) is 29.2 Å². The van der Waals surface area contributed by atoms with Crippen molar-refractivity contribution in [2.24, 2.45) is 0 Å². The van der Waals surface area contributed by atoms with E-state index >= 15 is 0 Å². The Morgan fingerprint density at radius 2 is 2.11 bits per heavy atom. The van der Waals surface area contributed by atoms with Gasteiger partial charge in [-0.3, -0.25) is 4.98 Å². The van der Waals surface area contributed by atoms with Gasteiger partial charge in [0.25, 0.3) is 0 Å². The van der Waals surface area contributed by atoms with Crippen molar-refractivity contribution in [1.29, 1.82) is 0 Å². The number of ether oxygens (including phenoxy) is 4. The van der Waals surface area contributed by atoms with Gasteiger partial charge in [0.2, 0.25) is 5.88 Å². The highest BCUT2D eigenvalue weighted by molar-refractivity contribution is 5.55. The zero-order chi connectivity index (χ0) is 19.3. The highest BCUT2D eigenvalue weighted by Crippen LogP contribution is 2.21. The number of pyridine rings is 1. The molecule has 1 N–H and O–H groups in total. The second kappa shape index (κ2) is 8.35. The standard InChI is InChI=1S/C16H16F3N3O5/c17-16(18,19)9-27-10-1-2-12(20-6-10)13-5-14(22-15(23)21-13)26-8-11-7-24-3-4-25-11/h1-2,5-6,11H,3-4,7-9H2,(H,21,22,23)/t11-/m1/s1. The number of rotatable bonds is 6. The first kappa shape index (κ1) is 19.1. The Balaban J connectivity index is 1.67. The Morgan fingerprint density at radius 1 is 1.26 bits per heavy atom. The van der Waals surface area contributed by atoms with E-state index in [1.165, 1.54) is 18.2 Å². The molecule has 1 atom stereocenters. The Morgan fingerprint density at radius 3 is 2.78 bits per heavy atom. The fourth-order valence-corrected chi connectivity index (χ4v) is 2.25. The van der Waals surface area contributed by atoms with Gasteiger partial charge < -0.3 is 23.9 Å². The molecule has 2 aromatic heterocycles. The van der Waals surface area contributed by atoms with Crippen LogP contribution in [0.5, 0.6) is 11.6 Å². The van der Waals surface area contributed by atoms with Crippen LogP contribution in [0.3, 0.4) is 0 Å². The lowest BCUT2D eigenvalue weighted by atomic mass is 10.2. The van der Waals surface area contributed by atoms with Crippen molar-refractivity contribution in [3.63, 3.8) is 0 Å². The lowest BCUT2D eigenvalue weighted by molar-refractivity contribution is -0.153. The molecule has 0 aromatic carbocycles. The zero-order valence-corrected chi connectivity index (χ0v) is 14.0. The van der Waals surface area contributed by atoms with Crippen LogP contribution in [0.4, 0.5) is 13.2 Å². The predicted molar refractivity (Wildman–Crippen MR) is 85.7 cm³/mol. The third-order valence-corrected chi connectivity index (χ3v) is 3.44. The first-order chi connectivity index (χ1) is 12.9. The maximum absolute atomic E-state index is 12.2. The minimum Gasteiger partial charge on any atom is -0.483 e. The molecule has 8 nitrogen and oxygen atoms in total. The van der Waals surface area contributed by atoms with Crippen LogP contribution >= 0.6 is 0 Å². The van der Waals surface area contributed by atoms with Gasteiger partial charge >= 0.3 is 11.9 Å². The molecule has 3 rings (SSSR count). The number of hydrogen-bond acceptors (Lipinski definition) is 7. The molecule has 27 heavy (non-hydrogen) atoms. The van der Waals surface area contributed by atoms with Crippen LogP contribution in [0, 0.1) is 0 Å². The first-order valence-corrected chi connectivity index (χ1v) is 7.98. The number of nitrogens with one attached hydrogen (secondary N) is 1. The molecule has 0 aliphatic carbocycles. The minimum absolute atomic E-state index is 0.0431. The van der Waals surface area contributed by atoms with Crippen molar-refractivity contribution in [1.82, 2.24) is 15.0 Å². The summed E-state index contributed by atoms with van der Waals surface area (Å²) in [7, 11) is 0. The summed E-state index contributed by atoms with van der Waals surface area (Å²) in [6.45, 7) is 0.128. The summed E-state index contributed by atoms with van der Waals surface area (Å²) in [4.78, 5) is 21.9. The maximum Gasteiger partial charge on any atom is 0.422 e. The molecule has 3 heterocycles. The lowest BCUT2D eigenvalue weighted by Gasteiger charge is -2.22. The van der Waals surface area contributed by atoms with Gasteiger partial charge in [-0.2, -0.15) is 18.2 Å². The first-order valence-electron chi connectivity index (χ1n) is 7.98. The van der Waals surface area contributed by atoms with Crippen LogP contribution < -0.4 is 15.2 Å². The SMILES string of the molecule is O=c1nc(OC[C@H]2COCCO2)cc(-c2ccc(OCC(F)(F)F)cn2)[nH]1. The Bertz CT molecular complexity index is 804. The largest absolute Gasteiger partial charge is 0.483 e. The minimum atomic E-state index is -4.44. The van der Waals surface area contributed by atoms with Crippen molar-refractivity contribution in [2.45, 2.75) is 12.3 Å². The van der Waals surface area contributed by atoms with Crippen LogP contribution in [0.1, 0.15) is 0 Å². The Kier molecular flexibility index (Phi) is 5.91. The Labute approximate surface area is 151 Å². The van der Waals surface area contributed by atoms with Gasteiger partial charge in [0.15, 0.2) is 6.61 Å². The number of hydrogen-bond donors (Lipinski definition) is 1. The molecule has 0 bridgehead atoms. The average molecular weight is 387 g/mol. The molecule has 1 aliphatic heterocycles. The van der Waals surface area contributed by atoms with Crippen molar-refractivity contribution in [3.8, 4) is 23.0 Å². The van der Waals surface area contributed by atoms with Crippen molar-refractivity contribution in [2.75, 3.05) is 33.0 Å². The van der Waals surface area contributed by atoms with E-state index in [0.717, 1.165) is 6.20 Å². The summed E-state index contributed by atoms with van der Waals surface area (Å²) in [6, 6.07) is 4.20. The van der Waals surface area contributed by atoms with Crippen LogP contribution in [0.25, 0.3) is 11.4 Å². The van der Waals surface area contributed by atoms with Gasteiger partial charge in [-0.15, -0.1) is 0 Å². The van der Waals surface area contributed by atoms with E-state index in [4.69, 9.17) is 14.2 Å². The number of H-pyrrole nitrogens is 1. The quantitative estimate of drug-likeness (QED) is 0.804. The molecular formula is C16H16F3N3O5. The van der Waals surface area contributed by atoms with E-state index in [-0.39, 0.29) is 24.3 Å². The van der Waals surface area contributed by atoms with Crippen LogP contribution in [-0.2, 0) is 9.47 Å². The highest BCUT2D eigenvalue weighted by atomic mass is 19.4. The van der Waals surface area contributed by atoms with Gasteiger partial charge in [-0.1, -0.05) is 0 Å². The van der Waals surface area contributed by atoms with Gasteiger partial charge in [-0.05, 0) is 12.1 Å². The van der Waals surface area contributed by atoms with Crippen molar-refractivity contribution >= 4 is 0 Å². The molecule has 1 fully saturated rings. The van der Waals surface area contributed by atoms with Crippen LogP contribution in [0.2, 0.25) is 0 Å². The number of aromatic nitrogens is 3. The molecule has 0 saturated carbocycles. The van der Waals surface area contributed by atoms with E-state index in [1.807, 2.05) is 0 Å². The Hall–Kier alpha value is -2.66. The average Bonchev–Trinajstić information content (AvgIpc) is 2.65. The predicted octanol–water partition coefficient (Wildman–Crippen LogP) is 1.57. The van der Waals surface area contributed by atoms with Gasteiger partial charge in [-0.25, -0.2) is 4.79 Å². The topological polar surface area (TPSA) is 95.6 Å². The highest BCUT2D eigenvalue weighted by Gasteiger charge is 2.28. The molecule has 0 spiro atoms. The van der Waals surface area contributed by atoms with Crippen molar-refractivity contribution in [3.05, 3.63) is 34.9 Å². The van der Waals surface area contributed by atoms with Gasteiger partial charge in [0.05, 0.1) is 37.4 Å². The molecule has 1 saturated heterocycles. The zero-order valence-electron chi connectivity index (χ0n) is 14.0. The van der Waals surface area contributed by atoms with E-state index in [0.29, 0.717) is 31.2 Å². The van der Waals surface area contributed by atoms with Gasteiger partial charge in [0, 0.05) is 6.07 Å². The lowest BCUT2D eigenvalue weighted by Crippen LogP contribution is -2.33. The summed E-state index contributed by atoms with van der Waals surface area (Å²) in [6.07, 6.45) is -3.56. The van der Waals surface area contributed by atoms with E-state index in [2.05, 4.69) is 19.7 Å². The number of nitrogens with zero attached hydrogens (tertiary/aromatic N) is 2. The summed E-state index contributed by atoms with van der Waals surface area (Å²) in [5.41, 5.74) is -0.0355. The normalized spacial score (nSPS) is 17.5. The van der Waals surface area contributed by atoms with E-state index < -0.39 is 18.5 Å². The number of alkyl halides is 3. The molecule has 0 amide bonds. The third kappa shape index (κ3) is 5.93. The molecular weight excluding hydrogens is 371 g/mol. The second-order valence-electron chi connectivity index (χ2n) is 5.60. The molecule has 2 aromatic rings. The fourth-order valence-electron chi connectivity index (χ4n) is 2.25. The summed E-state index contributed by atoms with van der Waals surface area (Å²) >= 11 is 0. The monoisotopic (exact) mass is 387 g/mol. The summed E-state index contributed by atoms with van der Waals surface area (Å²) < 4.78 is 57.2. The number of halogens is 3. The molecule has 11 heteroatoms. The second-order valence-corrected chi connectivity index (χ2v) is 5.60. The summed E-state index contributed by atoms with van der Waals surface area (Å²) in [5, 5.41) is 0. The smallest absolute Gasteiger partial charge is 0.422 e. The van der Waals surface area contributed by atoms with E-state index in [9.17, 15) is 18.0 Å². The van der Waals surface area contributed by atoms with E-state index in [1.54, 1.807) is 0 Å². The molecule has 0 radical (unpaired) electrons. The molecule has 146 valence electrons. The molecule has 0 unspecified atom stereocenters. The molecule has 1 aliphatic rings. The van der Waals surface area contributed by atoms with Crippen molar-refractivity contribution < 1.29 is 32.1 Å². The van der Waals surface area contributed by atoms with Crippen LogP contribution in [-0.4, -0.2) is 60.3 Å². The fraction of sp³-hybridized carbons (Fsp3) is 0.438. The summed E-state index contributed by atoms with van der Waals surface area (Å²) in [5.74, 6) is 0.0283. The third-order valence-electron chi connectivity index (χ3n) is 3.44. The maximum atomic E-state index is 12.2. The number of aromatic amines is 1. The van der Waals surface area contributed by atoms with Gasteiger partial charge in [0.1, 0.15) is 18.5 Å².